The number of rotatable bonds is 10. The predicted molar refractivity (Wildman–Crippen MR) is 422 cm³/mol. The van der Waals surface area contributed by atoms with Gasteiger partial charge in [-0.1, -0.05) is 152 Å². The maximum atomic E-state index is 12.8. The standard InChI is InChI=1S/C23H24BrN3O2.C23H24BrNO5.C12H8Br2O.C12H9BrO.C12H19NO3/c1-23(2,3)29-22(28)27-19-10-16(19)11-20(27)21-25-12-18(26-21)15-5-4-14-9-17(24)7-6-13(14)8-15;1-23(2,3)30-22(28)25-18-10-16(18)11-19(25)21(27)29-12-20(26)15-5-4-14-9-17(24)7-6-13(14)8-15;13-7-12(15)10-2-1-9-6-11(14)4-3-8(9)5-10;1-8(14)9-2-3-11-7-12(13)5-4-10(11)6-9;1-7(14)9-5-8-6-10(8)13(9)11(15)16-12(2,3)4/h4-9,12,16,19-20H,10-11H2,1-3H3,(H,25,26);4-9,16,18-19H,10-12H2,1-3H3;1-6H,7H2;2-7H,1H3;8-10H,5-6H2,1-4H3/t16-,19-,20+;16-,18-,19+;;;8-,9-,10+/m11..0/s1. The van der Waals surface area contributed by atoms with E-state index in [2.05, 4.69) is 120 Å². The quantitative estimate of drug-likeness (QED) is 0.0585. The molecule has 4 heterocycles. The number of Topliss-reactive ketones (excluding diaryl/α,β-unsaturated/α-hetero) is 4. The van der Waals surface area contributed by atoms with Gasteiger partial charge in [0.2, 0.25) is 0 Å². The topological polar surface area (TPSA) is 212 Å². The number of imidazole rings is 1. The first-order valence-electron chi connectivity index (χ1n) is 34.7. The number of ketones is 4. The second-order valence-electron chi connectivity index (χ2n) is 30.4. The Balaban J connectivity index is 0.000000135. The Morgan fingerprint density at radius 1 is 0.442 bits per heavy atom. The van der Waals surface area contributed by atoms with Crippen molar-refractivity contribution in [2.45, 2.75) is 168 Å². The van der Waals surface area contributed by atoms with Gasteiger partial charge < -0.3 is 23.9 Å². The van der Waals surface area contributed by atoms with Crippen molar-refractivity contribution in [2.75, 3.05) is 11.9 Å². The molecule has 15 rings (SSSR count). The molecule has 3 saturated carbocycles. The Hall–Kier alpha value is -7.63. The third kappa shape index (κ3) is 19.5. The number of aromatic amines is 1. The largest absolute Gasteiger partial charge is 0.456 e. The maximum Gasteiger partial charge on any atom is 0.411 e. The summed E-state index contributed by atoms with van der Waals surface area (Å²) in [6.07, 6.45) is 6.11. The molecule has 22 heteroatoms. The van der Waals surface area contributed by atoms with Crippen molar-refractivity contribution in [2.24, 2.45) is 17.8 Å². The van der Waals surface area contributed by atoms with Crippen molar-refractivity contribution in [3.63, 3.8) is 0 Å². The van der Waals surface area contributed by atoms with Gasteiger partial charge in [-0.2, -0.15) is 0 Å². The Kier molecular flexibility index (Phi) is 23.7. The summed E-state index contributed by atoms with van der Waals surface area (Å²) in [5.41, 5.74) is 2.42. The van der Waals surface area contributed by atoms with Gasteiger partial charge in [-0.25, -0.2) is 24.2 Å². The van der Waals surface area contributed by atoms with E-state index in [9.17, 15) is 38.4 Å². The molecule has 3 aliphatic carbocycles. The smallest absolute Gasteiger partial charge is 0.411 e. The molecule has 104 heavy (non-hydrogen) atoms. The Bertz CT molecular complexity index is 4830. The van der Waals surface area contributed by atoms with Crippen molar-refractivity contribution in [1.82, 2.24) is 24.7 Å². The van der Waals surface area contributed by atoms with Crippen LogP contribution in [0.4, 0.5) is 14.4 Å². The highest BCUT2D eigenvalue weighted by molar-refractivity contribution is 9.11. The fraction of sp³-hybridized carbons (Fsp3) is 0.378. The minimum atomic E-state index is -0.689. The van der Waals surface area contributed by atoms with Crippen LogP contribution in [-0.4, -0.2) is 131 Å². The fourth-order valence-electron chi connectivity index (χ4n) is 13.6. The number of benzene rings is 8. The highest BCUT2D eigenvalue weighted by atomic mass is 79.9. The van der Waals surface area contributed by atoms with Crippen LogP contribution in [0.5, 0.6) is 0 Å². The molecule has 9 aromatic rings. The molecule has 8 aromatic carbocycles. The Morgan fingerprint density at radius 2 is 0.808 bits per heavy atom. The molecule has 6 fully saturated rings. The van der Waals surface area contributed by atoms with Crippen LogP contribution < -0.4 is 0 Å². The van der Waals surface area contributed by atoms with Crippen LogP contribution in [-0.2, 0) is 28.5 Å². The van der Waals surface area contributed by atoms with E-state index < -0.39 is 34.9 Å². The van der Waals surface area contributed by atoms with E-state index in [4.69, 9.17) is 18.9 Å². The zero-order valence-corrected chi connectivity index (χ0v) is 67.8. The Labute approximate surface area is 647 Å². The fourth-order valence-corrected chi connectivity index (χ4v) is 15.4. The molecule has 544 valence electrons. The number of aromatic nitrogens is 2. The first-order chi connectivity index (χ1) is 49.1. The van der Waals surface area contributed by atoms with E-state index in [0.29, 0.717) is 41.1 Å². The predicted octanol–water partition coefficient (Wildman–Crippen LogP) is 20.7. The molecule has 6 aliphatic rings. The molecule has 0 bridgehead atoms. The monoisotopic (exact) mass is 1730 g/mol. The molecule has 0 unspecified atom stereocenters. The normalized spacial score (nSPS) is 20.9. The van der Waals surface area contributed by atoms with Gasteiger partial charge in [0.1, 0.15) is 28.7 Å². The number of nitrogens with one attached hydrogen (secondary N) is 1. The molecule has 9 atom stereocenters. The van der Waals surface area contributed by atoms with Crippen LogP contribution in [0.1, 0.15) is 158 Å². The zero-order valence-electron chi connectivity index (χ0n) is 59.9. The first kappa shape index (κ1) is 77.5. The van der Waals surface area contributed by atoms with Gasteiger partial charge in [0.05, 0.1) is 29.3 Å². The minimum Gasteiger partial charge on any atom is -0.456 e. The van der Waals surface area contributed by atoms with E-state index in [-0.39, 0.29) is 66.1 Å². The second kappa shape index (κ2) is 31.8. The molecular weight excluding hydrogens is 1650 g/mol. The van der Waals surface area contributed by atoms with Gasteiger partial charge in [0.25, 0.3) is 0 Å². The summed E-state index contributed by atoms with van der Waals surface area (Å²) in [6.45, 7) is 19.4. The van der Waals surface area contributed by atoms with Crippen LogP contribution in [0.3, 0.4) is 0 Å². The molecule has 0 spiro atoms. The van der Waals surface area contributed by atoms with Gasteiger partial charge in [-0.05, 0) is 248 Å². The maximum absolute atomic E-state index is 12.8. The zero-order chi connectivity index (χ0) is 75.0. The average molecular weight is 1730 g/mol. The third-order valence-corrected chi connectivity index (χ3v) is 21.3. The second-order valence-corrected chi connectivity index (χ2v) is 34.6. The lowest BCUT2D eigenvalue weighted by Gasteiger charge is -2.29. The van der Waals surface area contributed by atoms with Crippen molar-refractivity contribution in [1.29, 1.82) is 0 Å². The van der Waals surface area contributed by atoms with Crippen LogP contribution in [0.2, 0.25) is 0 Å². The van der Waals surface area contributed by atoms with Crippen molar-refractivity contribution in [3.8, 4) is 11.3 Å². The summed E-state index contributed by atoms with van der Waals surface area (Å²) in [7, 11) is 0. The molecule has 17 nitrogen and oxygen atoms in total. The summed E-state index contributed by atoms with van der Waals surface area (Å²) in [4.78, 5) is 110. The summed E-state index contributed by atoms with van der Waals surface area (Å²) in [6, 6.07) is 47.0. The number of hydrogen-bond donors (Lipinski definition) is 1. The van der Waals surface area contributed by atoms with E-state index in [1.807, 2.05) is 156 Å². The number of amides is 3. The number of carbonyl (C=O) groups is 8. The highest BCUT2D eigenvalue weighted by Gasteiger charge is 2.59. The molecule has 3 amide bonds. The van der Waals surface area contributed by atoms with Crippen LogP contribution >= 0.6 is 79.6 Å². The number of halogens is 5. The van der Waals surface area contributed by atoms with Gasteiger partial charge in [-0.15, -0.1) is 0 Å². The van der Waals surface area contributed by atoms with Crippen LogP contribution in [0, 0.1) is 17.8 Å². The number of nitrogens with zero attached hydrogens (tertiary/aromatic N) is 4. The number of ether oxygens (including phenoxy) is 4. The summed E-state index contributed by atoms with van der Waals surface area (Å²) < 4.78 is 25.9. The van der Waals surface area contributed by atoms with E-state index >= 15 is 0 Å². The van der Waals surface area contributed by atoms with Crippen LogP contribution in [0.25, 0.3) is 54.3 Å². The Morgan fingerprint density at radius 3 is 1.25 bits per heavy atom. The lowest BCUT2D eigenvalue weighted by atomic mass is 10.0. The number of piperidine rings is 3. The molecule has 3 aliphatic heterocycles. The van der Waals surface area contributed by atoms with E-state index in [1.165, 1.54) is 15.7 Å². The minimum absolute atomic E-state index is 0.0351. The summed E-state index contributed by atoms with van der Waals surface area (Å²) in [5, 5.41) is 9.15. The molecular formula is C82H84Br5N5O12. The number of carbonyl (C=O) groups excluding carboxylic acids is 8. The van der Waals surface area contributed by atoms with Crippen molar-refractivity contribution in [3.05, 3.63) is 192 Å². The lowest BCUT2D eigenvalue weighted by Crippen LogP contribution is -2.46. The van der Waals surface area contributed by atoms with Crippen molar-refractivity contribution >= 4 is 170 Å². The van der Waals surface area contributed by atoms with E-state index in [0.717, 1.165) is 111 Å². The molecule has 3 saturated heterocycles. The molecule has 1 N–H and O–H groups in total. The molecule has 0 radical (unpaired) electrons. The number of hydrogen-bond acceptors (Lipinski definition) is 13. The SMILES string of the molecule is CC(=O)[C@@H]1C[C@H]2C[C@H]2N1C(=O)OC(C)(C)C.CC(=O)c1ccc2cc(Br)ccc2c1.CC(C)(C)OC(=O)N1[C@@H]2C[C@@H]2C[C@H]1C(=O)OCC(=O)c1ccc2cc(Br)ccc2c1.CC(C)(C)OC(=O)N1[C@@H]2C[C@@H]2C[C@H]1c1ncc(-c2ccc3cc(Br)ccc3c2)[nH]1.O=C(CBr)c1ccc2cc(Br)ccc2c1. The third-order valence-electron chi connectivity index (χ3n) is 18.8. The average Bonchev–Trinajstić information content (AvgIpc) is 1.60. The number of esters is 1. The molecule has 1 aromatic heterocycles. The van der Waals surface area contributed by atoms with Gasteiger partial charge in [0, 0.05) is 58.3 Å². The van der Waals surface area contributed by atoms with Gasteiger partial charge in [-0.3, -0.25) is 33.9 Å². The number of fused-ring (bicyclic) bond motifs is 7. The summed E-state index contributed by atoms with van der Waals surface area (Å²) >= 11 is 17.0. The van der Waals surface area contributed by atoms with Gasteiger partial charge in [0.15, 0.2) is 29.7 Å². The lowest BCUT2D eigenvalue weighted by molar-refractivity contribution is -0.148. The first-order valence-corrected chi connectivity index (χ1v) is 39.0. The number of alkyl halides is 1. The van der Waals surface area contributed by atoms with Crippen molar-refractivity contribution < 1.29 is 57.3 Å². The number of likely N-dealkylation sites (tertiary alicyclic amines) is 3. The van der Waals surface area contributed by atoms with E-state index in [1.54, 1.807) is 51.7 Å². The highest BCUT2D eigenvalue weighted by Crippen LogP contribution is 2.54. The number of H-pyrrole nitrogens is 1. The van der Waals surface area contributed by atoms with Crippen LogP contribution in [0.15, 0.2) is 170 Å². The summed E-state index contributed by atoms with van der Waals surface area (Å²) in [5.74, 6) is 1.71. The van der Waals surface area contributed by atoms with Gasteiger partial charge >= 0.3 is 24.2 Å².